The van der Waals surface area contributed by atoms with Crippen LogP contribution >= 0.6 is 0 Å². The van der Waals surface area contributed by atoms with Crippen molar-refractivity contribution >= 4 is 5.97 Å². The summed E-state index contributed by atoms with van der Waals surface area (Å²) in [5.41, 5.74) is 0.983. The molecule has 3 rings (SSSR count). The molecule has 0 bridgehead atoms. The zero-order valence-electron chi connectivity index (χ0n) is 13.7. The molecule has 1 aliphatic carbocycles. The number of rotatable bonds is 5. The maximum Gasteiger partial charge on any atom is 0.346 e. The van der Waals surface area contributed by atoms with Crippen molar-refractivity contribution < 1.29 is 14.3 Å². The van der Waals surface area contributed by atoms with Crippen molar-refractivity contribution in [2.75, 3.05) is 6.61 Å². The van der Waals surface area contributed by atoms with Gasteiger partial charge in [-0.05, 0) is 31.7 Å². The Labute approximate surface area is 133 Å². The summed E-state index contributed by atoms with van der Waals surface area (Å²) >= 11 is 0. The minimum absolute atomic E-state index is 0.188. The van der Waals surface area contributed by atoms with E-state index in [2.05, 4.69) is 26.0 Å². The Bertz CT molecular complexity index is 528. The normalized spacial score (nSPS) is 25.9. The van der Waals surface area contributed by atoms with Gasteiger partial charge in [0.15, 0.2) is 0 Å². The van der Waals surface area contributed by atoms with Gasteiger partial charge in [-0.25, -0.2) is 4.79 Å². The number of carbonyl (C=O) groups excluding carboxylic acids is 1. The van der Waals surface area contributed by atoms with E-state index in [1.165, 1.54) is 12.0 Å². The minimum atomic E-state index is -0.852. The van der Waals surface area contributed by atoms with Crippen LogP contribution in [0.25, 0.3) is 0 Å². The number of hydrogen-bond donors (Lipinski definition) is 0. The zero-order valence-corrected chi connectivity index (χ0v) is 13.7. The van der Waals surface area contributed by atoms with Crippen LogP contribution in [0.2, 0.25) is 0 Å². The Balaban J connectivity index is 1.87. The van der Waals surface area contributed by atoms with Gasteiger partial charge in [0.25, 0.3) is 0 Å². The quantitative estimate of drug-likeness (QED) is 0.463. The van der Waals surface area contributed by atoms with Gasteiger partial charge in [-0.3, -0.25) is 0 Å². The van der Waals surface area contributed by atoms with Crippen LogP contribution in [0.5, 0.6) is 0 Å². The highest BCUT2D eigenvalue weighted by Crippen LogP contribution is 2.63. The molecule has 1 atom stereocenters. The first-order chi connectivity index (χ1) is 10.6. The molecule has 1 spiro atoms. The van der Waals surface area contributed by atoms with Gasteiger partial charge >= 0.3 is 5.97 Å². The molecule has 1 saturated heterocycles. The molecule has 2 fully saturated rings. The lowest BCUT2D eigenvalue weighted by Crippen LogP contribution is -2.35. The Morgan fingerprint density at radius 1 is 1.18 bits per heavy atom. The molecule has 1 aromatic rings. The third-order valence-electron chi connectivity index (χ3n) is 5.09. The summed E-state index contributed by atoms with van der Waals surface area (Å²) in [6.07, 6.45) is 7.36. The Morgan fingerprint density at radius 3 is 2.50 bits per heavy atom. The fourth-order valence-electron chi connectivity index (χ4n) is 3.71. The molecule has 0 N–H and O–H groups in total. The highest BCUT2D eigenvalue weighted by atomic mass is 16.7. The standard InChI is InChI=1S/C19H26O3/c1-3-4-14-21-17(20)19(16-10-8-15(2)9-11-16)18(22-19)12-6-5-7-13-18/h8-11H,3-7,12-14H2,1-2H3. The van der Waals surface area contributed by atoms with Crippen LogP contribution in [0.1, 0.15) is 63.0 Å². The number of unbranched alkanes of at least 4 members (excludes halogenated alkanes) is 1. The SMILES string of the molecule is CCCCOC(=O)C1(c2ccc(C)cc2)OC12CCCCC2. The van der Waals surface area contributed by atoms with E-state index in [-0.39, 0.29) is 11.6 Å². The number of benzene rings is 1. The third-order valence-corrected chi connectivity index (χ3v) is 5.09. The molecule has 1 heterocycles. The summed E-state index contributed by atoms with van der Waals surface area (Å²) in [6.45, 7) is 4.64. The van der Waals surface area contributed by atoms with E-state index >= 15 is 0 Å². The molecular weight excluding hydrogens is 276 g/mol. The van der Waals surface area contributed by atoms with Gasteiger partial charge in [0.2, 0.25) is 5.60 Å². The smallest absolute Gasteiger partial charge is 0.346 e. The lowest BCUT2D eigenvalue weighted by Gasteiger charge is -2.23. The summed E-state index contributed by atoms with van der Waals surface area (Å²) in [5, 5.41) is 0. The van der Waals surface area contributed by atoms with Crippen molar-refractivity contribution in [2.45, 2.75) is 70.0 Å². The predicted octanol–water partition coefficient (Wildman–Crippen LogP) is 4.27. The predicted molar refractivity (Wildman–Crippen MR) is 85.6 cm³/mol. The van der Waals surface area contributed by atoms with E-state index in [1.807, 2.05) is 12.1 Å². The first kappa shape index (κ1) is 15.5. The second kappa shape index (κ2) is 6.04. The van der Waals surface area contributed by atoms with Crippen molar-refractivity contribution in [3.63, 3.8) is 0 Å². The number of epoxide rings is 1. The van der Waals surface area contributed by atoms with E-state index < -0.39 is 5.60 Å². The zero-order chi connectivity index (χ0) is 15.6. The summed E-state index contributed by atoms with van der Waals surface area (Å²) in [5.74, 6) is -0.188. The number of hydrogen-bond acceptors (Lipinski definition) is 3. The molecule has 1 aliphatic heterocycles. The van der Waals surface area contributed by atoms with Crippen LogP contribution < -0.4 is 0 Å². The average Bonchev–Trinajstić information content (AvgIpc) is 3.17. The molecule has 1 saturated carbocycles. The van der Waals surface area contributed by atoms with Gasteiger partial charge in [-0.15, -0.1) is 0 Å². The fourth-order valence-corrected chi connectivity index (χ4v) is 3.71. The summed E-state index contributed by atoms with van der Waals surface area (Å²) in [4.78, 5) is 12.8. The molecule has 2 aliphatic rings. The molecule has 1 unspecified atom stereocenters. The second-order valence-corrected chi connectivity index (χ2v) is 6.69. The average molecular weight is 302 g/mol. The largest absolute Gasteiger partial charge is 0.463 e. The van der Waals surface area contributed by atoms with E-state index in [4.69, 9.17) is 9.47 Å². The Morgan fingerprint density at radius 2 is 1.86 bits per heavy atom. The second-order valence-electron chi connectivity index (χ2n) is 6.69. The van der Waals surface area contributed by atoms with Crippen LogP contribution in [-0.4, -0.2) is 18.2 Å². The van der Waals surface area contributed by atoms with Crippen LogP contribution in [0.3, 0.4) is 0 Å². The number of esters is 1. The minimum Gasteiger partial charge on any atom is -0.463 e. The Kier molecular flexibility index (Phi) is 4.26. The molecule has 0 radical (unpaired) electrons. The monoisotopic (exact) mass is 302 g/mol. The maximum atomic E-state index is 12.8. The number of carbonyl (C=O) groups is 1. The highest BCUT2D eigenvalue weighted by molar-refractivity contribution is 5.86. The Hall–Kier alpha value is -1.35. The molecule has 0 aromatic heterocycles. The first-order valence-electron chi connectivity index (χ1n) is 8.59. The topological polar surface area (TPSA) is 38.8 Å². The highest BCUT2D eigenvalue weighted by Gasteiger charge is 2.75. The number of ether oxygens (including phenoxy) is 2. The van der Waals surface area contributed by atoms with Gasteiger partial charge in [0.05, 0.1) is 6.61 Å². The molecule has 3 heteroatoms. The molecule has 120 valence electrons. The van der Waals surface area contributed by atoms with Gasteiger partial charge in [0, 0.05) is 0 Å². The maximum absolute atomic E-state index is 12.8. The van der Waals surface area contributed by atoms with Gasteiger partial charge in [-0.2, -0.15) is 0 Å². The third kappa shape index (κ3) is 2.45. The van der Waals surface area contributed by atoms with E-state index in [9.17, 15) is 4.79 Å². The first-order valence-corrected chi connectivity index (χ1v) is 8.59. The molecule has 3 nitrogen and oxygen atoms in total. The van der Waals surface area contributed by atoms with Crippen molar-refractivity contribution in [3.05, 3.63) is 35.4 Å². The van der Waals surface area contributed by atoms with Crippen molar-refractivity contribution in [3.8, 4) is 0 Å². The fraction of sp³-hybridized carbons (Fsp3) is 0.632. The van der Waals surface area contributed by atoms with Crippen LogP contribution in [0, 0.1) is 6.92 Å². The van der Waals surface area contributed by atoms with Crippen molar-refractivity contribution in [1.29, 1.82) is 0 Å². The van der Waals surface area contributed by atoms with Crippen molar-refractivity contribution in [2.24, 2.45) is 0 Å². The molecule has 0 amide bonds. The van der Waals surface area contributed by atoms with Gasteiger partial charge in [0.1, 0.15) is 5.60 Å². The van der Waals surface area contributed by atoms with Crippen LogP contribution in [-0.2, 0) is 19.9 Å². The lowest BCUT2D eigenvalue weighted by atomic mass is 9.76. The molecule has 22 heavy (non-hydrogen) atoms. The lowest BCUT2D eigenvalue weighted by molar-refractivity contribution is -0.150. The van der Waals surface area contributed by atoms with E-state index in [0.717, 1.165) is 44.1 Å². The van der Waals surface area contributed by atoms with E-state index in [0.29, 0.717) is 6.61 Å². The van der Waals surface area contributed by atoms with Gasteiger partial charge < -0.3 is 9.47 Å². The van der Waals surface area contributed by atoms with Crippen molar-refractivity contribution in [1.82, 2.24) is 0 Å². The van der Waals surface area contributed by atoms with Crippen LogP contribution in [0.4, 0.5) is 0 Å². The summed E-state index contributed by atoms with van der Waals surface area (Å²) in [7, 11) is 0. The summed E-state index contributed by atoms with van der Waals surface area (Å²) < 4.78 is 11.7. The number of aryl methyl sites for hydroxylation is 1. The van der Waals surface area contributed by atoms with E-state index in [1.54, 1.807) is 0 Å². The summed E-state index contributed by atoms with van der Waals surface area (Å²) in [6, 6.07) is 8.16. The molecule has 1 aromatic carbocycles. The molecular formula is C19H26O3. The van der Waals surface area contributed by atoms with Gasteiger partial charge in [-0.1, -0.05) is 62.4 Å². The van der Waals surface area contributed by atoms with Crippen LogP contribution in [0.15, 0.2) is 24.3 Å².